The molecule has 1 aromatic heterocycles. The van der Waals surface area contributed by atoms with Gasteiger partial charge in [0.1, 0.15) is 5.69 Å². The Morgan fingerprint density at radius 3 is 2.83 bits per heavy atom. The van der Waals surface area contributed by atoms with Crippen LogP contribution in [-0.2, 0) is 9.63 Å². The number of hydrogen-bond acceptors (Lipinski definition) is 3. The summed E-state index contributed by atoms with van der Waals surface area (Å²) in [6, 6.07) is 9.16. The van der Waals surface area contributed by atoms with Gasteiger partial charge in [0.05, 0.1) is 0 Å². The van der Waals surface area contributed by atoms with Crippen LogP contribution in [0.5, 0.6) is 0 Å². The number of aromatic nitrogens is 1. The van der Waals surface area contributed by atoms with Crippen LogP contribution < -0.4 is 5.48 Å². The van der Waals surface area contributed by atoms with Crippen LogP contribution in [0.1, 0.15) is 16.9 Å². The van der Waals surface area contributed by atoms with E-state index in [1.165, 1.54) is 0 Å². The van der Waals surface area contributed by atoms with E-state index in [-0.39, 0.29) is 12.3 Å². The molecule has 0 aliphatic rings. The molecule has 1 aromatic carbocycles. The molecule has 0 aliphatic carbocycles. The van der Waals surface area contributed by atoms with Gasteiger partial charge in [-0.3, -0.25) is 4.79 Å². The topological polar surface area (TPSA) is 71.2 Å². The van der Waals surface area contributed by atoms with Gasteiger partial charge in [-0.25, -0.2) is 4.79 Å². The van der Waals surface area contributed by atoms with E-state index < -0.39 is 5.97 Å². The average molecular weight is 311 g/mol. The van der Waals surface area contributed by atoms with Crippen molar-refractivity contribution in [2.75, 3.05) is 5.33 Å². The van der Waals surface area contributed by atoms with Gasteiger partial charge in [0.2, 0.25) is 0 Å². The lowest BCUT2D eigenvalue weighted by molar-refractivity contribution is -0.129. The second kappa shape index (κ2) is 5.68. The first-order valence-electron chi connectivity index (χ1n) is 5.34. The summed E-state index contributed by atoms with van der Waals surface area (Å²) in [6.45, 7) is 0. The maximum Gasteiger partial charge on any atom is 0.379 e. The second-order valence-corrected chi connectivity index (χ2v) is 4.42. The van der Waals surface area contributed by atoms with Crippen molar-refractivity contribution in [3.63, 3.8) is 0 Å². The SMILES string of the molecule is O=C(CCBr)NOC(=O)c1cc2ccccc2[nH]1. The third kappa shape index (κ3) is 2.89. The van der Waals surface area contributed by atoms with Crippen molar-refractivity contribution in [3.05, 3.63) is 36.0 Å². The van der Waals surface area contributed by atoms with Gasteiger partial charge < -0.3 is 9.82 Å². The lowest BCUT2D eigenvalue weighted by Crippen LogP contribution is -2.27. The zero-order chi connectivity index (χ0) is 13.0. The van der Waals surface area contributed by atoms with E-state index >= 15 is 0 Å². The first kappa shape index (κ1) is 12.6. The fourth-order valence-electron chi connectivity index (χ4n) is 1.48. The maximum absolute atomic E-state index is 11.6. The fraction of sp³-hybridized carbons (Fsp3) is 0.167. The number of amides is 1. The Labute approximate surface area is 112 Å². The van der Waals surface area contributed by atoms with Gasteiger partial charge in [-0.1, -0.05) is 34.1 Å². The molecular weight excluding hydrogens is 300 g/mol. The number of aromatic amines is 1. The number of hydroxylamine groups is 1. The van der Waals surface area contributed by atoms with Crippen molar-refractivity contribution >= 4 is 38.7 Å². The largest absolute Gasteiger partial charge is 0.379 e. The molecule has 1 amide bonds. The quantitative estimate of drug-likeness (QED) is 0.674. The smallest absolute Gasteiger partial charge is 0.349 e. The van der Waals surface area contributed by atoms with Gasteiger partial charge in [0.25, 0.3) is 5.91 Å². The van der Waals surface area contributed by atoms with Crippen molar-refractivity contribution in [2.24, 2.45) is 0 Å². The van der Waals surface area contributed by atoms with Gasteiger partial charge >= 0.3 is 5.97 Å². The molecule has 0 fully saturated rings. The van der Waals surface area contributed by atoms with E-state index in [2.05, 4.69) is 31.2 Å². The Morgan fingerprint density at radius 1 is 1.33 bits per heavy atom. The number of rotatable bonds is 3. The third-order valence-corrected chi connectivity index (χ3v) is 2.73. The predicted molar refractivity (Wildman–Crippen MR) is 70.3 cm³/mol. The number of fused-ring (bicyclic) bond motifs is 1. The minimum absolute atomic E-state index is 0.250. The third-order valence-electron chi connectivity index (χ3n) is 2.33. The summed E-state index contributed by atoms with van der Waals surface area (Å²) in [5.41, 5.74) is 3.23. The molecule has 94 valence electrons. The van der Waals surface area contributed by atoms with Gasteiger partial charge in [-0.2, -0.15) is 5.48 Å². The Balaban J connectivity index is 2.02. The molecule has 2 N–H and O–H groups in total. The number of hydrogen-bond donors (Lipinski definition) is 2. The molecule has 18 heavy (non-hydrogen) atoms. The monoisotopic (exact) mass is 310 g/mol. The normalized spacial score (nSPS) is 10.3. The van der Waals surface area contributed by atoms with E-state index in [4.69, 9.17) is 0 Å². The summed E-state index contributed by atoms with van der Waals surface area (Å²) in [6.07, 6.45) is 0.250. The van der Waals surface area contributed by atoms with E-state index in [0.717, 1.165) is 10.9 Å². The molecule has 0 radical (unpaired) electrons. The van der Waals surface area contributed by atoms with Crippen LogP contribution >= 0.6 is 15.9 Å². The molecule has 1 heterocycles. The number of nitrogens with one attached hydrogen (secondary N) is 2. The highest BCUT2D eigenvalue weighted by atomic mass is 79.9. The molecule has 2 aromatic rings. The van der Waals surface area contributed by atoms with Crippen LogP contribution in [0.2, 0.25) is 0 Å². The second-order valence-electron chi connectivity index (χ2n) is 3.62. The van der Waals surface area contributed by atoms with Crippen LogP contribution in [0.3, 0.4) is 0 Å². The van der Waals surface area contributed by atoms with Gasteiger partial charge in [-0.15, -0.1) is 0 Å². The summed E-state index contributed by atoms with van der Waals surface area (Å²) >= 11 is 3.12. The Kier molecular flexibility index (Phi) is 3.99. The van der Waals surface area contributed by atoms with Crippen molar-refractivity contribution < 1.29 is 14.4 Å². The molecular formula is C12H11BrN2O3. The number of carbonyl (C=O) groups is 2. The average Bonchev–Trinajstić information content (AvgIpc) is 2.80. The molecule has 2 rings (SSSR count). The Bertz CT molecular complexity index is 546. The number of halogens is 1. The van der Waals surface area contributed by atoms with E-state index in [1.54, 1.807) is 6.07 Å². The first-order valence-corrected chi connectivity index (χ1v) is 6.46. The number of para-hydroxylation sites is 1. The van der Waals surface area contributed by atoms with E-state index in [1.807, 2.05) is 24.3 Å². The number of alkyl halides is 1. The molecule has 0 saturated carbocycles. The number of H-pyrrole nitrogens is 1. The fourth-order valence-corrected chi connectivity index (χ4v) is 1.84. The van der Waals surface area contributed by atoms with Crippen LogP contribution in [0.4, 0.5) is 0 Å². The standard InChI is InChI=1S/C12H11BrN2O3/c13-6-5-11(16)15-18-12(17)10-7-8-3-1-2-4-9(8)14-10/h1-4,7,14H,5-6H2,(H,15,16). The predicted octanol–water partition coefficient (Wildman–Crippen LogP) is 2.14. The zero-order valence-corrected chi connectivity index (χ0v) is 11.0. The summed E-state index contributed by atoms with van der Waals surface area (Å²) in [4.78, 5) is 30.4. The van der Waals surface area contributed by atoms with Crippen LogP contribution in [0.15, 0.2) is 30.3 Å². The van der Waals surface area contributed by atoms with Crippen molar-refractivity contribution in [1.29, 1.82) is 0 Å². The van der Waals surface area contributed by atoms with Crippen LogP contribution in [0, 0.1) is 0 Å². The molecule has 0 aliphatic heterocycles. The molecule has 6 heteroatoms. The maximum atomic E-state index is 11.6. The van der Waals surface area contributed by atoms with Crippen LogP contribution in [0.25, 0.3) is 10.9 Å². The molecule has 0 unspecified atom stereocenters. The van der Waals surface area contributed by atoms with Gasteiger partial charge in [0, 0.05) is 22.7 Å². The molecule has 0 atom stereocenters. The summed E-state index contributed by atoms with van der Waals surface area (Å²) in [7, 11) is 0. The lowest BCUT2D eigenvalue weighted by atomic mass is 10.2. The summed E-state index contributed by atoms with van der Waals surface area (Å²) in [5, 5.41) is 1.43. The molecule has 0 saturated heterocycles. The van der Waals surface area contributed by atoms with Gasteiger partial charge in [0.15, 0.2) is 0 Å². The molecule has 5 nitrogen and oxygen atoms in total. The summed E-state index contributed by atoms with van der Waals surface area (Å²) < 4.78 is 0. The molecule has 0 bridgehead atoms. The van der Waals surface area contributed by atoms with Crippen molar-refractivity contribution in [1.82, 2.24) is 10.5 Å². The van der Waals surface area contributed by atoms with Crippen LogP contribution in [-0.4, -0.2) is 22.2 Å². The minimum atomic E-state index is -0.617. The highest BCUT2D eigenvalue weighted by Gasteiger charge is 2.12. The summed E-state index contributed by atoms with van der Waals surface area (Å²) in [5.74, 6) is -0.967. The molecule has 0 spiro atoms. The number of benzene rings is 1. The lowest BCUT2D eigenvalue weighted by Gasteiger charge is -2.02. The van der Waals surface area contributed by atoms with Gasteiger partial charge in [-0.05, 0) is 12.1 Å². The first-order chi connectivity index (χ1) is 8.70. The highest BCUT2D eigenvalue weighted by molar-refractivity contribution is 9.09. The Morgan fingerprint density at radius 2 is 2.11 bits per heavy atom. The number of carbonyl (C=O) groups excluding carboxylic acids is 2. The minimum Gasteiger partial charge on any atom is -0.349 e. The van der Waals surface area contributed by atoms with Crippen molar-refractivity contribution in [2.45, 2.75) is 6.42 Å². The zero-order valence-electron chi connectivity index (χ0n) is 9.40. The van der Waals surface area contributed by atoms with Crippen molar-refractivity contribution in [3.8, 4) is 0 Å². The Hall–Kier alpha value is -1.82. The van der Waals surface area contributed by atoms with E-state index in [9.17, 15) is 9.59 Å². The van der Waals surface area contributed by atoms with E-state index in [0.29, 0.717) is 11.0 Å². The highest BCUT2D eigenvalue weighted by Crippen LogP contribution is 2.14.